The highest BCUT2D eigenvalue weighted by Crippen LogP contribution is 2.24. The Labute approximate surface area is 113 Å². The third-order valence-corrected chi connectivity index (χ3v) is 3.10. The van der Waals surface area contributed by atoms with E-state index in [9.17, 15) is 9.18 Å². The maximum absolute atomic E-state index is 14.1. The van der Waals surface area contributed by atoms with Gasteiger partial charge in [-0.1, -0.05) is 12.1 Å². The van der Waals surface area contributed by atoms with E-state index in [1.54, 1.807) is 4.57 Å². The summed E-state index contributed by atoms with van der Waals surface area (Å²) in [6.45, 7) is 0. The second kappa shape index (κ2) is 4.34. The number of hydrogen-bond acceptors (Lipinski definition) is 3. The van der Waals surface area contributed by atoms with E-state index in [-0.39, 0.29) is 16.9 Å². The van der Waals surface area contributed by atoms with Crippen molar-refractivity contribution in [1.29, 1.82) is 0 Å². The largest absolute Gasteiger partial charge is 0.398 e. The van der Waals surface area contributed by atoms with Crippen LogP contribution in [-0.4, -0.2) is 15.5 Å². The van der Waals surface area contributed by atoms with Crippen molar-refractivity contribution in [3.63, 3.8) is 0 Å². The number of hydrogen-bond donors (Lipinski definition) is 2. The van der Waals surface area contributed by atoms with E-state index in [1.165, 1.54) is 12.4 Å². The lowest BCUT2D eigenvalue weighted by Crippen LogP contribution is -2.15. The van der Waals surface area contributed by atoms with Gasteiger partial charge in [0.05, 0.1) is 22.3 Å². The van der Waals surface area contributed by atoms with Gasteiger partial charge in [0.25, 0.3) is 5.91 Å². The summed E-state index contributed by atoms with van der Waals surface area (Å²) in [6.07, 6.45) is 1.49. The second-order valence-corrected chi connectivity index (χ2v) is 4.36. The van der Waals surface area contributed by atoms with Gasteiger partial charge < -0.3 is 11.5 Å². The topological polar surface area (TPSA) is 86.9 Å². The Balaban J connectivity index is 2.29. The standard InChI is InChI=1S/C14H11FN4O/c15-9-6-10(16)8(14(17)20)5-13(9)19-7-18-11-3-1-2-4-12(11)19/h1-7H,16H2,(H2,17,20). The van der Waals surface area contributed by atoms with Gasteiger partial charge in [0, 0.05) is 5.69 Å². The van der Waals surface area contributed by atoms with Gasteiger partial charge in [-0.3, -0.25) is 9.36 Å². The number of carbonyl (C=O) groups is 1. The summed E-state index contributed by atoms with van der Waals surface area (Å²) in [5.74, 6) is -1.25. The number of para-hydroxylation sites is 2. The maximum atomic E-state index is 14.1. The van der Waals surface area contributed by atoms with E-state index in [1.807, 2.05) is 24.3 Å². The molecule has 0 unspecified atom stereocenters. The van der Waals surface area contributed by atoms with E-state index < -0.39 is 11.7 Å². The fourth-order valence-corrected chi connectivity index (χ4v) is 2.13. The average molecular weight is 270 g/mol. The van der Waals surface area contributed by atoms with Crippen molar-refractivity contribution < 1.29 is 9.18 Å². The van der Waals surface area contributed by atoms with Crippen LogP contribution < -0.4 is 11.5 Å². The first-order valence-electron chi connectivity index (χ1n) is 5.89. The zero-order valence-corrected chi connectivity index (χ0v) is 10.4. The SMILES string of the molecule is NC(=O)c1cc(-n2cnc3ccccc32)c(F)cc1N. The van der Waals surface area contributed by atoms with Gasteiger partial charge in [-0.2, -0.15) is 0 Å². The summed E-state index contributed by atoms with van der Waals surface area (Å²) in [5.41, 5.74) is 12.6. The van der Waals surface area contributed by atoms with Crippen LogP contribution >= 0.6 is 0 Å². The zero-order chi connectivity index (χ0) is 14.3. The molecule has 0 saturated carbocycles. The van der Waals surface area contributed by atoms with Crippen LogP contribution in [0.2, 0.25) is 0 Å². The van der Waals surface area contributed by atoms with Crippen LogP contribution in [0.1, 0.15) is 10.4 Å². The van der Waals surface area contributed by atoms with E-state index in [0.717, 1.165) is 17.1 Å². The molecule has 100 valence electrons. The smallest absolute Gasteiger partial charge is 0.250 e. The van der Waals surface area contributed by atoms with E-state index in [2.05, 4.69) is 4.98 Å². The van der Waals surface area contributed by atoms with E-state index >= 15 is 0 Å². The van der Waals surface area contributed by atoms with Crippen molar-refractivity contribution in [3.8, 4) is 5.69 Å². The molecule has 6 heteroatoms. The molecule has 3 aromatic rings. The molecular formula is C14H11FN4O. The molecule has 0 aliphatic rings. The number of aromatic nitrogens is 2. The van der Waals surface area contributed by atoms with Gasteiger partial charge in [-0.25, -0.2) is 9.37 Å². The van der Waals surface area contributed by atoms with Crippen molar-refractivity contribution >= 4 is 22.6 Å². The lowest BCUT2D eigenvalue weighted by atomic mass is 10.1. The molecule has 0 saturated heterocycles. The summed E-state index contributed by atoms with van der Waals surface area (Å²) in [7, 11) is 0. The summed E-state index contributed by atoms with van der Waals surface area (Å²) in [5, 5.41) is 0. The maximum Gasteiger partial charge on any atom is 0.250 e. The molecule has 0 aliphatic carbocycles. The van der Waals surface area contributed by atoms with Crippen molar-refractivity contribution in [2.75, 3.05) is 5.73 Å². The molecule has 0 fully saturated rings. The summed E-state index contributed by atoms with van der Waals surface area (Å²) < 4.78 is 15.7. The minimum Gasteiger partial charge on any atom is -0.398 e. The number of benzene rings is 2. The molecule has 1 aromatic heterocycles. The summed E-state index contributed by atoms with van der Waals surface area (Å²) in [4.78, 5) is 15.5. The molecule has 1 amide bonds. The van der Waals surface area contributed by atoms with Gasteiger partial charge in [-0.05, 0) is 24.3 Å². The Kier molecular flexibility index (Phi) is 2.64. The van der Waals surface area contributed by atoms with Gasteiger partial charge in [0.15, 0.2) is 0 Å². The molecule has 3 rings (SSSR count). The molecule has 0 radical (unpaired) electrons. The van der Waals surface area contributed by atoms with Crippen LogP contribution in [0.4, 0.5) is 10.1 Å². The first kappa shape index (κ1) is 12.2. The number of nitrogens with two attached hydrogens (primary N) is 2. The number of rotatable bonds is 2. The normalized spacial score (nSPS) is 10.8. The lowest BCUT2D eigenvalue weighted by molar-refractivity contribution is 0.100. The minimum atomic E-state index is -0.701. The second-order valence-electron chi connectivity index (χ2n) is 4.36. The number of anilines is 1. The Hall–Kier alpha value is -2.89. The summed E-state index contributed by atoms with van der Waals surface area (Å²) in [6, 6.07) is 9.71. The third kappa shape index (κ3) is 1.78. The molecular weight excluding hydrogens is 259 g/mol. The van der Waals surface area contributed by atoms with Crippen LogP contribution in [0.5, 0.6) is 0 Å². The Bertz CT molecular complexity index is 825. The Morgan fingerprint density at radius 3 is 2.75 bits per heavy atom. The number of fused-ring (bicyclic) bond motifs is 1. The van der Waals surface area contributed by atoms with Gasteiger partial charge >= 0.3 is 0 Å². The highest BCUT2D eigenvalue weighted by atomic mass is 19.1. The fraction of sp³-hybridized carbons (Fsp3) is 0. The van der Waals surface area contributed by atoms with Crippen molar-refractivity contribution in [3.05, 3.63) is 54.1 Å². The van der Waals surface area contributed by atoms with Crippen molar-refractivity contribution in [1.82, 2.24) is 9.55 Å². The highest BCUT2D eigenvalue weighted by Gasteiger charge is 2.14. The Morgan fingerprint density at radius 1 is 1.25 bits per heavy atom. The quantitative estimate of drug-likeness (QED) is 0.696. The van der Waals surface area contributed by atoms with E-state index in [4.69, 9.17) is 11.5 Å². The molecule has 0 bridgehead atoms. The zero-order valence-electron chi connectivity index (χ0n) is 10.4. The molecule has 0 spiro atoms. The molecule has 0 atom stereocenters. The predicted molar refractivity (Wildman–Crippen MR) is 74.0 cm³/mol. The molecule has 4 N–H and O–H groups in total. The minimum absolute atomic E-state index is 0.0168. The first-order chi connectivity index (χ1) is 9.58. The van der Waals surface area contributed by atoms with Crippen LogP contribution in [0.3, 0.4) is 0 Å². The number of imidazole rings is 1. The molecule has 5 nitrogen and oxygen atoms in total. The van der Waals surface area contributed by atoms with Crippen LogP contribution in [0, 0.1) is 5.82 Å². The third-order valence-electron chi connectivity index (χ3n) is 3.10. The first-order valence-corrected chi connectivity index (χ1v) is 5.89. The highest BCUT2D eigenvalue weighted by molar-refractivity contribution is 5.98. The fourth-order valence-electron chi connectivity index (χ4n) is 2.13. The average Bonchev–Trinajstić information content (AvgIpc) is 2.82. The van der Waals surface area contributed by atoms with Crippen LogP contribution in [0.25, 0.3) is 16.7 Å². The van der Waals surface area contributed by atoms with Crippen molar-refractivity contribution in [2.45, 2.75) is 0 Å². The molecule has 2 aromatic carbocycles. The number of halogens is 1. The summed E-state index contributed by atoms with van der Waals surface area (Å²) >= 11 is 0. The van der Waals surface area contributed by atoms with Gasteiger partial charge in [0.1, 0.15) is 12.1 Å². The van der Waals surface area contributed by atoms with Crippen molar-refractivity contribution in [2.24, 2.45) is 5.73 Å². The molecule has 20 heavy (non-hydrogen) atoms. The van der Waals surface area contributed by atoms with Gasteiger partial charge in [-0.15, -0.1) is 0 Å². The number of nitrogen functional groups attached to an aromatic ring is 1. The number of primary amides is 1. The molecule has 0 aliphatic heterocycles. The van der Waals surface area contributed by atoms with Crippen LogP contribution in [0.15, 0.2) is 42.7 Å². The molecule has 1 heterocycles. The Morgan fingerprint density at radius 2 is 2.00 bits per heavy atom. The predicted octanol–water partition coefficient (Wildman–Crippen LogP) is 1.85. The number of amides is 1. The number of carbonyl (C=O) groups excluding carboxylic acids is 1. The lowest BCUT2D eigenvalue weighted by Gasteiger charge is -2.09. The van der Waals surface area contributed by atoms with Gasteiger partial charge in [0.2, 0.25) is 0 Å². The van der Waals surface area contributed by atoms with Crippen LogP contribution in [-0.2, 0) is 0 Å². The number of nitrogens with zero attached hydrogens (tertiary/aromatic N) is 2. The van der Waals surface area contributed by atoms with E-state index in [0.29, 0.717) is 0 Å². The monoisotopic (exact) mass is 270 g/mol.